The minimum absolute atomic E-state index is 0.170. The average molecular weight is 285 g/mol. The van der Waals surface area contributed by atoms with Crippen LogP contribution in [0, 0.1) is 0 Å². The molecule has 0 spiro atoms. The number of unbranched alkanes of at least 4 members (excludes halogenated alkanes) is 1. The van der Waals surface area contributed by atoms with Gasteiger partial charge in [0.2, 0.25) is 0 Å². The monoisotopic (exact) mass is 285 g/mol. The molecule has 1 N–H and O–H groups in total. The Kier molecular flexibility index (Phi) is 7.48. The number of hydrogen-bond donors (Lipinski definition) is 1. The fourth-order valence-corrected chi connectivity index (χ4v) is 2.70. The molecular formula is C15H31N3O2. The Morgan fingerprint density at radius 1 is 1.20 bits per heavy atom. The van der Waals surface area contributed by atoms with Crippen LogP contribution >= 0.6 is 0 Å². The zero-order valence-corrected chi connectivity index (χ0v) is 13.6. The highest BCUT2D eigenvalue weighted by atomic mass is 16.5. The molecule has 5 heteroatoms. The van der Waals surface area contributed by atoms with Gasteiger partial charge in [-0.15, -0.1) is 0 Å². The SMILES string of the molecule is CCN1CCN(CCCCC(C)(NC)C(=O)OC)CC1. The largest absolute Gasteiger partial charge is 0.468 e. The Morgan fingerprint density at radius 3 is 2.30 bits per heavy atom. The van der Waals surface area contributed by atoms with Crippen LogP contribution in [0.3, 0.4) is 0 Å². The standard InChI is InChI=1S/C15H31N3O2/c1-5-17-10-12-18(13-11-17)9-7-6-8-15(2,16-3)14(19)20-4/h16H,5-13H2,1-4H3. The van der Waals surface area contributed by atoms with Gasteiger partial charge < -0.3 is 19.9 Å². The molecular weight excluding hydrogens is 254 g/mol. The number of esters is 1. The van der Waals surface area contributed by atoms with E-state index >= 15 is 0 Å². The number of likely N-dealkylation sites (N-methyl/N-ethyl adjacent to an activating group) is 2. The van der Waals surface area contributed by atoms with Gasteiger partial charge in [-0.05, 0) is 46.3 Å². The molecule has 1 saturated heterocycles. The van der Waals surface area contributed by atoms with E-state index in [-0.39, 0.29) is 5.97 Å². The summed E-state index contributed by atoms with van der Waals surface area (Å²) in [6.45, 7) is 11.2. The van der Waals surface area contributed by atoms with Crippen LogP contribution in [0.25, 0.3) is 0 Å². The van der Waals surface area contributed by atoms with Gasteiger partial charge in [-0.25, -0.2) is 0 Å². The Balaban J connectivity index is 2.20. The number of rotatable bonds is 8. The van der Waals surface area contributed by atoms with E-state index in [0.29, 0.717) is 0 Å². The summed E-state index contributed by atoms with van der Waals surface area (Å²) in [7, 11) is 3.27. The third-order valence-electron chi connectivity index (χ3n) is 4.50. The second-order valence-corrected chi connectivity index (χ2v) is 5.81. The van der Waals surface area contributed by atoms with E-state index in [1.807, 2.05) is 14.0 Å². The first-order chi connectivity index (χ1) is 9.55. The lowest BCUT2D eigenvalue weighted by molar-refractivity contribution is -0.148. The lowest BCUT2D eigenvalue weighted by Crippen LogP contribution is -2.48. The van der Waals surface area contributed by atoms with E-state index in [1.54, 1.807) is 0 Å². The van der Waals surface area contributed by atoms with Gasteiger partial charge in [0.1, 0.15) is 5.54 Å². The molecule has 1 unspecified atom stereocenters. The molecule has 1 rings (SSSR count). The molecule has 5 nitrogen and oxygen atoms in total. The minimum atomic E-state index is -0.546. The Bertz CT molecular complexity index is 291. The maximum Gasteiger partial charge on any atom is 0.325 e. The van der Waals surface area contributed by atoms with Gasteiger partial charge in [-0.2, -0.15) is 0 Å². The predicted molar refractivity (Wildman–Crippen MR) is 81.9 cm³/mol. The highest BCUT2D eigenvalue weighted by molar-refractivity contribution is 5.80. The molecule has 0 radical (unpaired) electrons. The van der Waals surface area contributed by atoms with Gasteiger partial charge in [0.05, 0.1) is 7.11 Å². The van der Waals surface area contributed by atoms with E-state index in [0.717, 1.165) is 32.4 Å². The molecule has 0 aliphatic carbocycles. The number of hydrogen-bond acceptors (Lipinski definition) is 5. The molecule has 1 aliphatic rings. The first-order valence-electron chi connectivity index (χ1n) is 7.77. The number of piperazine rings is 1. The second-order valence-electron chi connectivity index (χ2n) is 5.81. The highest BCUT2D eigenvalue weighted by Gasteiger charge is 2.31. The average Bonchev–Trinajstić information content (AvgIpc) is 2.51. The van der Waals surface area contributed by atoms with E-state index in [9.17, 15) is 4.79 Å². The molecule has 0 aromatic heterocycles. The van der Waals surface area contributed by atoms with Crippen LogP contribution in [0.1, 0.15) is 33.1 Å². The van der Waals surface area contributed by atoms with E-state index in [1.165, 1.54) is 33.3 Å². The molecule has 0 aromatic carbocycles. The van der Waals surface area contributed by atoms with Gasteiger partial charge in [0.25, 0.3) is 0 Å². The van der Waals surface area contributed by atoms with Crippen molar-refractivity contribution >= 4 is 5.97 Å². The Labute approximate surface area is 123 Å². The van der Waals surface area contributed by atoms with Crippen molar-refractivity contribution in [1.82, 2.24) is 15.1 Å². The number of nitrogens with zero attached hydrogens (tertiary/aromatic N) is 2. The predicted octanol–water partition coefficient (Wildman–Crippen LogP) is 0.945. The van der Waals surface area contributed by atoms with Crippen molar-refractivity contribution in [2.75, 3.05) is 53.4 Å². The van der Waals surface area contributed by atoms with Crippen molar-refractivity contribution < 1.29 is 9.53 Å². The number of ether oxygens (including phenoxy) is 1. The first-order valence-corrected chi connectivity index (χ1v) is 7.77. The van der Waals surface area contributed by atoms with Crippen molar-refractivity contribution in [3.05, 3.63) is 0 Å². The van der Waals surface area contributed by atoms with Crippen molar-refractivity contribution in [1.29, 1.82) is 0 Å². The van der Waals surface area contributed by atoms with E-state index in [2.05, 4.69) is 22.0 Å². The summed E-state index contributed by atoms with van der Waals surface area (Å²) in [6, 6.07) is 0. The molecule has 0 bridgehead atoms. The van der Waals surface area contributed by atoms with Crippen molar-refractivity contribution in [3.63, 3.8) is 0 Å². The second kappa shape index (κ2) is 8.60. The topological polar surface area (TPSA) is 44.8 Å². The first kappa shape index (κ1) is 17.4. The zero-order valence-electron chi connectivity index (χ0n) is 13.6. The summed E-state index contributed by atoms with van der Waals surface area (Å²) in [5, 5.41) is 3.09. The van der Waals surface area contributed by atoms with Crippen LogP contribution in [-0.2, 0) is 9.53 Å². The van der Waals surface area contributed by atoms with Gasteiger partial charge in [-0.3, -0.25) is 4.79 Å². The molecule has 1 fully saturated rings. The van der Waals surface area contributed by atoms with Crippen LogP contribution in [-0.4, -0.2) is 74.7 Å². The summed E-state index contributed by atoms with van der Waals surface area (Å²) >= 11 is 0. The quantitative estimate of drug-likeness (QED) is 0.531. The summed E-state index contributed by atoms with van der Waals surface area (Å²) in [5.41, 5.74) is -0.546. The fraction of sp³-hybridized carbons (Fsp3) is 0.933. The third-order valence-corrected chi connectivity index (χ3v) is 4.50. The van der Waals surface area contributed by atoms with Crippen LogP contribution < -0.4 is 5.32 Å². The van der Waals surface area contributed by atoms with Crippen molar-refractivity contribution in [2.45, 2.75) is 38.6 Å². The maximum absolute atomic E-state index is 11.7. The molecule has 1 atom stereocenters. The summed E-state index contributed by atoms with van der Waals surface area (Å²) < 4.78 is 4.86. The zero-order chi connectivity index (χ0) is 15.0. The van der Waals surface area contributed by atoms with Crippen LogP contribution in [0.5, 0.6) is 0 Å². The molecule has 0 aromatic rings. The molecule has 20 heavy (non-hydrogen) atoms. The molecule has 0 amide bonds. The van der Waals surface area contributed by atoms with Crippen LogP contribution in [0.2, 0.25) is 0 Å². The van der Waals surface area contributed by atoms with Gasteiger partial charge >= 0.3 is 5.97 Å². The van der Waals surface area contributed by atoms with Gasteiger partial charge in [-0.1, -0.05) is 6.92 Å². The summed E-state index contributed by atoms with van der Waals surface area (Å²) in [6.07, 6.45) is 3.01. The fourth-order valence-electron chi connectivity index (χ4n) is 2.70. The highest BCUT2D eigenvalue weighted by Crippen LogP contribution is 2.15. The lowest BCUT2D eigenvalue weighted by Gasteiger charge is -2.34. The van der Waals surface area contributed by atoms with E-state index < -0.39 is 5.54 Å². The van der Waals surface area contributed by atoms with E-state index in [4.69, 9.17) is 4.74 Å². The Morgan fingerprint density at radius 2 is 1.80 bits per heavy atom. The molecule has 1 heterocycles. The van der Waals surface area contributed by atoms with Gasteiger partial charge in [0, 0.05) is 26.2 Å². The minimum Gasteiger partial charge on any atom is -0.468 e. The van der Waals surface area contributed by atoms with Crippen LogP contribution in [0.15, 0.2) is 0 Å². The van der Waals surface area contributed by atoms with Crippen LogP contribution in [0.4, 0.5) is 0 Å². The third kappa shape index (κ3) is 5.04. The maximum atomic E-state index is 11.7. The lowest BCUT2D eigenvalue weighted by atomic mass is 9.95. The smallest absolute Gasteiger partial charge is 0.325 e. The van der Waals surface area contributed by atoms with Gasteiger partial charge in [0.15, 0.2) is 0 Å². The van der Waals surface area contributed by atoms with Crippen molar-refractivity contribution in [3.8, 4) is 0 Å². The summed E-state index contributed by atoms with van der Waals surface area (Å²) in [4.78, 5) is 16.7. The van der Waals surface area contributed by atoms with Crippen molar-refractivity contribution in [2.24, 2.45) is 0 Å². The number of carbonyl (C=O) groups excluding carboxylic acids is 1. The molecule has 0 saturated carbocycles. The Hall–Kier alpha value is -0.650. The molecule has 118 valence electrons. The number of carbonyl (C=O) groups is 1. The molecule has 1 aliphatic heterocycles. The normalized spacial score (nSPS) is 20.6. The summed E-state index contributed by atoms with van der Waals surface area (Å²) in [5.74, 6) is -0.170. The number of nitrogens with one attached hydrogen (secondary N) is 1. The number of methoxy groups -OCH3 is 1.